The average Bonchev–Trinajstić information content (AvgIpc) is 2.88. The Bertz CT molecular complexity index is 597. The van der Waals surface area contributed by atoms with Gasteiger partial charge in [-0.25, -0.2) is 4.98 Å². The zero-order chi connectivity index (χ0) is 10.3. The van der Waals surface area contributed by atoms with Gasteiger partial charge in [-0.1, -0.05) is 0 Å². The summed E-state index contributed by atoms with van der Waals surface area (Å²) in [6.07, 6.45) is 1.61. The van der Waals surface area contributed by atoms with Gasteiger partial charge in [-0.3, -0.25) is 5.10 Å². The minimum Gasteiger partial charge on any atom is -0.463 e. The van der Waals surface area contributed by atoms with E-state index >= 15 is 0 Å². The Morgan fingerprint density at radius 1 is 1.27 bits per heavy atom. The third kappa shape index (κ3) is 1.17. The van der Waals surface area contributed by atoms with Crippen LogP contribution in [0.2, 0.25) is 0 Å². The Morgan fingerprint density at radius 3 is 3.00 bits per heavy atom. The van der Waals surface area contributed by atoms with Gasteiger partial charge in [0.2, 0.25) is 0 Å². The second kappa shape index (κ2) is 2.84. The van der Waals surface area contributed by atoms with Gasteiger partial charge in [-0.05, 0) is 24.3 Å². The number of nitrogens with two attached hydrogens (primary N) is 1. The summed E-state index contributed by atoms with van der Waals surface area (Å²) in [4.78, 5) is 4.32. The Morgan fingerprint density at radius 2 is 2.20 bits per heavy atom. The van der Waals surface area contributed by atoms with Gasteiger partial charge >= 0.3 is 0 Å². The van der Waals surface area contributed by atoms with E-state index in [0.29, 0.717) is 11.5 Å². The molecule has 3 rings (SSSR count). The highest BCUT2D eigenvalue weighted by molar-refractivity contribution is 5.87. The second-order valence-corrected chi connectivity index (χ2v) is 3.18. The van der Waals surface area contributed by atoms with Gasteiger partial charge in [-0.2, -0.15) is 5.10 Å². The van der Waals surface area contributed by atoms with Crippen molar-refractivity contribution in [2.45, 2.75) is 0 Å². The molecule has 0 aliphatic rings. The summed E-state index contributed by atoms with van der Waals surface area (Å²) in [6, 6.07) is 7.40. The van der Waals surface area contributed by atoms with Crippen molar-refractivity contribution in [3.8, 4) is 11.5 Å². The van der Waals surface area contributed by atoms with Crippen LogP contribution in [0.25, 0.3) is 22.5 Å². The largest absolute Gasteiger partial charge is 0.463 e. The first-order chi connectivity index (χ1) is 7.34. The van der Waals surface area contributed by atoms with Crippen LogP contribution in [-0.4, -0.2) is 15.2 Å². The molecule has 0 radical (unpaired) electrons. The minimum absolute atomic E-state index is 0.531. The fourth-order valence-electron chi connectivity index (χ4n) is 1.48. The van der Waals surface area contributed by atoms with Gasteiger partial charge in [0, 0.05) is 0 Å². The Labute approximate surface area is 84.9 Å². The number of nitrogens with one attached hydrogen (secondary N) is 1. The molecule has 5 nitrogen and oxygen atoms in total. The molecule has 15 heavy (non-hydrogen) atoms. The lowest BCUT2D eigenvalue weighted by Gasteiger charge is -1.95. The number of hydrogen-bond donors (Lipinski definition) is 2. The van der Waals surface area contributed by atoms with E-state index in [4.69, 9.17) is 10.2 Å². The molecule has 74 valence electrons. The van der Waals surface area contributed by atoms with Crippen molar-refractivity contribution in [3.63, 3.8) is 0 Å². The molecule has 5 heteroatoms. The summed E-state index contributed by atoms with van der Waals surface area (Å²) >= 11 is 0. The molecule has 0 unspecified atom stereocenters. The number of furan rings is 1. The number of aromatic amines is 1. The van der Waals surface area contributed by atoms with Crippen LogP contribution in [0.5, 0.6) is 0 Å². The fraction of sp³-hybridized carbons (Fsp3) is 0. The summed E-state index contributed by atoms with van der Waals surface area (Å²) in [5.41, 5.74) is 7.01. The van der Waals surface area contributed by atoms with E-state index in [2.05, 4.69) is 15.2 Å². The Hall–Kier alpha value is -2.30. The van der Waals surface area contributed by atoms with Crippen LogP contribution in [0.3, 0.4) is 0 Å². The second-order valence-electron chi connectivity index (χ2n) is 3.18. The third-order valence-electron chi connectivity index (χ3n) is 2.22. The molecule has 0 aliphatic heterocycles. The molecule has 3 N–H and O–H groups in total. The van der Waals surface area contributed by atoms with Gasteiger partial charge in [0.25, 0.3) is 0 Å². The van der Waals surface area contributed by atoms with Crippen molar-refractivity contribution in [3.05, 3.63) is 30.5 Å². The van der Waals surface area contributed by atoms with Crippen LogP contribution in [-0.2, 0) is 0 Å². The predicted molar refractivity (Wildman–Crippen MR) is 56.0 cm³/mol. The number of aromatic nitrogens is 3. The molecule has 0 aliphatic carbocycles. The summed E-state index contributed by atoms with van der Waals surface area (Å²) in [5.74, 6) is 1.25. The maximum atomic E-state index is 5.66. The van der Waals surface area contributed by atoms with Crippen molar-refractivity contribution in [1.82, 2.24) is 15.2 Å². The maximum absolute atomic E-state index is 5.66. The van der Waals surface area contributed by atoms with Crippen LogP contribution in [0.1, 0.15) is 0 Å². The Kier molecular flexibility index (Phi) is 1.53. The Balaban J connectivity index is 2.23. The molecule has 0 fully saturated rings. The molecule has 0 aromatic carbocycles. The van der Waals surface area contributed by atoms with Gasteiger partial charge in [-0.15, -0.1) is 0 Å². The van der Waals surface area contributed by atoms with E-state index in [-0.39, 0.29) is 0 Å². The van der Waals surface area contributed by atoms with Crippen molar-refractivity contribution in [1.29, 1.82) is 0 Å². The topological polar surface area (TPSA) is 80.7 Å². The molecule has 3 aromatic heterocycles. The SMILES string of the molecule is Nc1[nH]nc2nc(-c3ccco3)ccc12. The summed E-state index contributed by atoms with van der Waals surface area (Å²) in [5, 5.41) is 7.49. The van der Waals surface area contributed by atoms with E-state index in [1.807, 2.05) is 24.3 Å². The number of hydrogen-bond acceptors (Lipinski definition) is 4. The van der Waals surface area contributed by atoms with Crippen LogP contribution in [0, 0.1) is 0 Å². The lowest BCUT2D eigenvalue weighted by Crippen LogP contribution is -1.84. The molecule has 0 bridgehead atoms. The molecule has 0 saturated carbocycles. The fourth-order valence-corrected chi connectivity index (χ4v) is 1.48. The van der Waals surface area contributed by atoms with Crippen molar-refractivity contribution in [2.24, 2.45) is 0 Å². The molecule has 3 heterocycles. The monoisotopic (exact) mass is 200 g/mol. The number of nitrogen functional groups attached to an aromatic ring is 1. The quantitative estimate of drug-likeness (QED) is 0.627. The number of nitrogens with zero attached hydrogens (tertiary/aromatic N) is 2. The van der Waals surface area contributed by atoms with E-state index < -0.39 is 0 Å². The lowest BCUT2D eigenvalue weighted by atomic mass is 10.2. The molecule has 3 aromatic rings. The van der Waals surface area contributed by atoms with Gasteiger partial charge in [0.1, 0.15) is 11.5 Å². The standard InChI is InChI=1S/C10H8N4O/c11-9-6-3-4-7(8-2-1-5-15-8)12-10(6)14-13-9/h1-5H,(H3,11,12,13,14). The normalized spacial score (nSPS) is 10.9. The summed E-state index contributed by atoms with van der Waals surface area (Å²) < 4.78 is 5.24. The van der Waals surface area contributed by atoms with Gasteiger partial charge in [0.15, 0.2) is 11.4 Å². The van der Waals surface area contributed by atoms with Crippen molar-refractivity contribution < 1.29 is 4.42 Å². The van der Waals surface area contributed by atoms with E-state index in [9.17, 15) is 0 Å². The van der Waals surface area contributed by atoms with Crippen LogP contribution in [0.4, 0.5) is 5.82 Å². The van der Waals surface area contributed by atoms with Gasteiger partial charge in [0.05, 0.1) is 11.6 Å². The number of pyridine rings is 1. The van der Waals surface area contributed by atoms with E-state index in [0.717, 1.165) is 16.8 Å². The number of fused-ring (bicyclic) bond motifs is 1. The first-order valence-corrected chi connectivity index (χ1v) is 4.49. The molecule has 0 amide bonds. The first-order valence-electron chi connectivity index (χ1n) is 4.49. The number of anilines is 1. The maximum Gasteiger partial charge on any atom is 0.183 e. The highest BCUT2D eigenvalue weighted by atomic mass is 16.3. The highest BCUT2D eigenvalue weighted by Gasteiger charge is 2.07. The molecular weight excluding hydrogens is 192 g/mol. The highest BCUT2D eigenvalue weighted by Crippen LogP contribution is 2.22. The average molecular weight is 200 g/mol. The number of rotatable bonds is 1. The summed E-state index contributed by atoms with van der Waals surface area (Å²) in [6.45, 7) is 0. The first kappa shape index (κ1) is 8.05. The molecule has 0 saturated heterocycles. The van der Waals surface area contributed by atoms with Crippen LogP contribution < -0.4 is 5.73 Å². The van der Waals surface area contributed by atoms with E-state index in [1.54, 1.807) is 6.26 Å². The van der Waals surface area contributed by atoms with Crippen molar-refractivity contribution >= 4 is 16.9 Å². The lowest BCUT2D eigenvalue weighted by molar-refractivity contribution is 0.580. The van der Waals surface area contributed by atoms with E-state index in [1.165, 1.54) is 0 Å². The summed E-state index contributed by atoms with van der Waals surface area (Å²) in [7, 11) is 0. The smallest absolute Gasteiger partial charge is 0.183 e. The molecule has 0 atom stereocenters. The minimum atomic E-state index is 0.531. The molecular formula is C10H8N4O. The van der Waals surface area contributed by atoms with Crippen LogP contribution in [0.15, 0.2) is 34.9 Å². The molecule has 0 spiro atoms. The zero-order valence-corrected chi connectivity index (χ0v) is 7.77. The third-order valence-corrected chi connectivity index (χ3v) is 2.22. The predicted octanol–water partition coefficient (Wildman–Crippen LogP) is 1.80. The zero-order valence-electron chi connectivity index (χ0n) is 7.77. The van der Waals surface area contributed by atoms with Gasteiger partial charge < -0.3 is 10.2 Å². The van der Waals surface area contributed by atoms with Crippen LogP contribution >= 0.6 is 0 Å². The van der Waals surface area contributed by atoms with Crippen molar-refractivity contribution in [2.75, 3.05) is 5.73 Å². The number of H-pyrrole nitrogens is 1.